The quantitative estimate of drug-likeness (QED) is 0.820. The van der Waals surface area contributed by atoms with Crippen LogP contribution in [0, 0.1) is 12.8 Å². The lowest BCUT2D eigenvalue weighted by molar-refractivity contribution is 0.0777. The predicted octanol–water partition coefficient (Wildman–Crippen LogP) is 0.759. The number of ether oxygens (including phenoxy) is 1. The number of likely N-dealkylation sites (N-methyl/N-ethyl adjacent to an activating group) is 1. The van der Waals surface area contributed by atoms with Gasteiger partial charge in [-0.1, -0.05) is 6.92 Å². The van der Waals surface area contributed by atoms with Gasteiger partial charge in [0.05, 0.1) is 12.8 Å². The summed E-state index contributed by atoms with van der Waals surface area (Å²) in [6.07, 6.45) is 0. The van der Waals surface area contributed by atoms with Crippen LogP contribution in [0.25, 0.3) is 0 Å². The molecule has 2 heterocycles. The fourth-order valence-electron chi connectivity index (χ4n) is 3.06. The van der Waals surface area contributed by atoms with Crippen molar-refractivity contribution in [2.45, 2.75) is 19.9 Å². The molecule has 1 amide bonds. The highest BCUT2D eigenvalue weighted by Crippen LogP contribution is 2.27. The molecule has 1 fully saturated rings. The number of methoxy groups -OCH3 is 1. The third-order valence-corrected chi connectivity index (χ3v) is 4.10. The summed E-state index contributed by atoms with van der Waals surface area (Å²) in [4.78, 5) is 16.8. The summed E-state index contributed by atoms with van der Waals surface area (Å²) >= 11 is 0. The number of carbonyl (C=O) groups is 1. The molecular formula is C14H24N4O2. The molecule has 6 nitrogen and oxygen atoms in total. The van der Waals surface area contributed by atoms with Crippen molar-refractivity contribution in [3.8, 4) is 5.88 Å². The number of hydrogen-bond donors (Lipinski definition) is 0. The number of carbonyl (C=O) groups excluding carboxylic acids is 1. The average Bonchev–Trinajstić information content (AvgIpc) is 2.88. The van der Waals surface area contributed by atoms with Gasteiger partial charge in [0.25, 0.3) is 5.91 Å². The molecule has 0 radical (unpaired) electrons. The van der Waals surface area contributed by atoms with E-state index in [0.717, 1.165) is 18.8 Å². The normalized spacial score (nSPS) is 22.6. The van der Waals surface area contributed by atoms with Gasteiger partial charge in [0, 0.05) is 26.2 Å². The zero-order chi connectivity index (χ0) is 15.0. The van der Waals surface area contributed by atoms with E-state index in [4.69, 9.17) is 4.74 Å². The maximum atomic E-state index is 12.7. The smallest absolute Gasteiger partial charge is 0.261 e. The third kappa shape index (κ3) is 2.40. The van der Waals surface area contributed by atoms with Crippen LogP contribution < -0.4 is 4.74 Å². The van der Waals surface area contributed by atoms with Gasteiger partial charge in [-0.05, 0) is 26.9 Å². The lowest BCUT2D eigenvalue weighted by Gasteiger charge is -2.22. The highest BCUT2D eigenvalue weighted by molar-refractivity contribution is 5.97. The van der Waals surface area contributed by atoms with Gasteiger partial charge in [-0.3, -0.25) is 4.79 Å². The van der Waals surface area contributed by atoms with Crippen LogP contribution in [-0.2, 0) is 7.05 Å². The average molecular weight is 280 g/mol. The second-order valence-electron chi connectivity index (χ2n) is 5.81. The van der Waals surface area contributed by atoms with Crippen molar-refractivity contribution in [2.75, 3.05) is 34.3 Å². The molecule has 6 heteroatoms. The van der Waals surface area contributed by atoms with Crippen molar-refractivity contribution < 1.29 is 9.53 Å². The minimum absolute atomic E-state index is 0.0173. The molecule has 0 aliphatic carbocycles. The van der Waals surface area contributed by atoms with E-state index in [0.29, 0.717) is 23.4 Å². The summed E-state index contributed by atoms with van der Waals surface area (Å²) in [5.74, 6) is 1.02. The largest absolute Gasteiger partial charge is 0.481 e. The molecule has 0 N–H and O–H groups in total. The minimum Gasteiger partial charge on any atom is -0.481 e. The van der Waals surface area contributed by atoms with E-state index >= 15 is 0 Å². The number of hydrogen-bond acceptors (Lipinski definition) is 4. The Morgan fingerprint density at radius 3 is 2.55 bits per heavy atom. The monoisotopic (exact) mass is 280 g/mol. The summed E-state index contributed by atoms with van der Waals surface area (Å²) in [5.41, 5.74) is 1.30. The van der Waals surface area contributed by atoms with E-state index in [1.807, 2.05) is 11.8 Å². The van der Waals surface area contributed by atoms with Crippen molar-refractivity contribution >= 4 is 5.91 Å². The van der Waals surface area contributed by atoms with E-state index in [1.54, 1.807) is 18.8 Å². The van der Waals surface area contributed by atoms with Gasteiger partial charge >= 0.3 is 0 Å². The molecule has 2 atom stereocenters. The molecule has 112 valence electrons. The van der Waals surface area contributed by atoms with E-state index in [-0.39, 0.29) is 5.91 Å². The summed E-state index contributed by atoms with van der Waals surface area (Å²) in [5, 5.41) is 4.28. The maximum Gasteiger partial charge on any atom is 0.261 e. The molecule has 0 saturated carbocycles. The molecule has 1 aromatic heterocycles. The highest BCUT2D eigenvalue weighted by atomic mass is 16.5. The molecular weight excluding hydrogens is 256 g/mol. The first-order valence-electron chi connectivity index (χ1n) is 6.90. The summed E-state index contributed by atoms with van der Waals surface area (Å²) < 4.78 is 6.94. The van der Waals surface area contributed by atoms with Crippen molar-refractivity contribution in [2.24, 2.45) is 13.0 Å². The molecule has 0 bridgehead atoms. The Labute approximate surface area is 120 Å². The zero-order valence-electron chi connectivity index (χ0n) is 13.2. The number of aromatic nitrogens is 2. The molecule has 0 spiro atoms. The lowest BCUT2D eigenvalue weighted by Crippen LogP contribution is -2.36. The van der Waals surface area contributed by atoms with Crippen molar-refractivity contribution in [3.63, 3.8) is 0 Å². The van der Waals surface area contributed by atoms with Gasteiger partial charge in [-0.2, -0.15) is 5.10 Å². The Morgan fingerprint density at radius 1 is 1.40 bits per heavy atom. The zero-order valence-corrected chi connectivity index (χ0v) is 13.2. The molecule has 0 unspecified atom stereocenters. The number of nitrogens with zero attached hydrogens (tertiary/aromatic N) is 4. The minimum atomic E-state index is 0.0173. The standard InChI is InChI=1S/C14H24N4O2/c1-9-7-18(8-11(9)16(3)4)13(19)12-10(2)15-17(5)14(12)20-6/h9,11H,7-8H2,1-6H3/t9-,11-/m1/s1. The first kappa shape index (κ1) is 14.8. The molecule has 0 aromatic carbocycles. The van der Waals surface area contributed by atoms with Crippen molar-refractivity contribution in [1.29, 1.82) is 0 Å². The van der Waals surface area contributed by atoms with Crippen LogP contribution in [0.15, 0.2) is 0 Å². The van der Waals surface area contributed by atoms with Crippen molar-refractivity contribution in [1.82, 2.24) is 19.6 Å². The fourth-order valence-corrected chi connectivity index (χ4v) is 3.06. The molecule has 20 heavy (non-hydrogen) atoms. The van der Waals surface area contributed by atoms with Crippen LogP contribution in [0.5, 0.6) is 5.88 Å². The summed E-state index contributed by atoms with van der Waals surface area (Å²) in [7, 11) is 7.48. The third-order valence-electron chi connectivity index (χ3n) is 4.10. The Kier molecular flexibility index (Phi) is 4.04. The number of likely N-dealkylation sites (tertiary alicyclic amines) is 1. The SMILES string of the molecule is COc1c(C(=O)N2C[C@@H](C)[C@H](N(C)C)C2)c(C)nn1C. The summed E-state index contributed by atoms with van der Waals surface area (Å²) in [6.45, 7) is 5.56. The second kappa shape index (κ2) is 5.44. The highest BCUT2D eigenvalue weighted by Gasteiger charge is 2.36. The topological polar surface area (TPSA) is 50.6 Å². The van der Waals surface area contributed by atoms with Gasteiger partial charge < -0.3 is 14.5 Å². The van der Waals surface area contributed by atoms with Crippen LogP contribution in [0.1, 0.15) is 23.0 Å². The van der Waals surface area contributed by atoms with Crippen LogP contribution in [0.2, 0.25) is 0 Å². The van der Waals surface area contributed by atoms with E-state index in [2.05, 4.69) is 31.0 Å². The Hall–Kier alpha value is -1.56. The number of rotatable bonds is 3. The predicted molar refractivity (Wildman–Crippen MR) is 77.0 cm³/mol. The Morgan fingerprint density at radius 2 is 2.05 bits per heavy atom. The van der Waals surface area contributed by atoms with E-state index in [1.165, 1.54) is 0 Å². The van der Waals surface area contributed by atoms with E-state index < -0.39 is 0 Å². The van der Waals surface area contributed by atoms with Crippen LogP contribution >= 0.6 is 0 Å². The van der Waals surface area contributed by atoms with Gasteiger partial charge in [-0.15, -0.1) is 0 Å². The van der Waals surface area contributed by atoms with Gasteiger partial charge in [-0.25, -0.2) is 4.68 Å². The summed E-state index contributed by atoms with van der Waals surface area (Å²) in [6, 6.07) is 0.405. The molecule has 1 saturated heterocycles. The first-order valence-corrected chi connectivity index (χ1v) is 6.90. The maximum absolute atomic E-state index is 12.7. The fraction of sp³-hybridized carbons (Fsp3) is 0.714. The molecule has 2 rings (SSSR count). The van der Waals surface area contributed by atoms with Gasteiger partial charge in [0.15, 0.2) is 0 Å². The molecule has 1 aliphatic heterocycles. The molecule has 1 aromatic rings. The number of aryl methyl sites for hydroxylation is 2. The van der Waals surface area contributed by atoms with Crippen molar-refractivity contribution in [3.05, 3.63) is 11.3 Å². The lowest BCUT2D eigenvalue weighted by atomic mass is 10.1. The second-order valence-corrected chi connectivity index (χ2v) is 5.81. The van der Waals surface area contributed by atoms with E-state index in [9.17, 15) is 4.79 Å². The van der Waals surface area contributed by atoms with Gasteiger partial charge in [0.1, 0.15) is 5.56 Å². The van der Waals surface area contributed by atoms with Crippen LogP contribution in [0.3, 0.4) is 0 Å². The van der Waals surface area contributed by atoms with Crippen LogP contribution in [0.4, 0.5) is 0 Å². The molecule has 1 aliphatic rings. The number of amides is 1. The van der Waals surface area contributed by atoms with Gasteiger partial charge in [0.2, 0.25) is 5.88 Å². The Bertz CT molecular complexity index is 510. The van der Waals surface area contributed by atoms with Crippen LogP contribution in [-0.4, -0.2) is 65.8 Å². The Balaban J connectivity index is 2.25. The first-order chi connectivity index (χ1) is 9.36.